The van der Waals surface area contributed by atoms with E-state index in [0.717, 1.165) is 15.8 Å². The molecule has 0 saturated heterocycles. The summed E-state index contributed by atoms with van der Waals surface area (Å²) in [7, 11) is 3.62. The second-order valence-corrected chi connectivity index (χ2v) is 7.03. The number of carbonyl (C=O) groups excluding carboxylic acids is 1. The van der Waals surface area contributed by atoms with E-state index in [9.17, 15) is 9.18 Å². The molecule has 1 amide bonds. The first-order valence-corrected chi connectivity index (χ1v) is 9.37. The quantitative estimate of drug-likeness (QED) is 0.633. The Kier molecular flexibility index (Phi) is 5.96. The number of halogens is 1. The average molecular weight is 372 g/mol. The number of thioether (sulfide) groups is 1. The average Bonchev–Trinajstić information content (AvgIpc) is 3.03. The van der Waals surface area contributed by atoms with Crippen molar-refractivity contribution in [3.63, 3.8) is 0 Å². The van der Waals surface area contributed by atoms with E-state index in [4.69, 9.17) is 4.42 Å². The molecule has 3 rings (SSSR count). The second kappa shape index (κ2) is 8.38. The van der Waals surface area contributed by atoms with Crippen LogP contribution in [0.2, 0.25) is 0 Å². The van der Waals surface area contributed by atoms with Gasteiger partial charge in [-0.3, -0.25) is 4.79 Å². The van der Waals surface area contributed by atoms with Crippen molar-refractivity contribution in [2.45, 2.75) is 10.6 Å². The monoisotopic (exact) mass is 372 g/mol. The van der Waals surface area contributed by atoms with Crippen LogP contribution in [0.4, 0.5) is 4.39 Å². The Morgan fingerprint density at radius 2 is 1.92 bits per heavy atom. The molecule has 1 heterocycles. The summed E-state index contributed by atoms with van der Waals surface area (Å²) in [6, 6.07) is 14.0. The van der Waals surface area contributed by atoms with Gasteiger partial charge in [-0.15, -0.1) is 11.8 Å². The van der Waals surface area contributed by atoms with Crippen LogP contribution < -0.4 is 5.32 Å². The van der Waals surface area contributed by atoms with Crippen LogP contribution in [0.15, 0.2) is 57.8 Å². The number of carbonyl (C=O) groups is 1. The highest BCUT2D eigenvalue weighted by Crippen LogP contribution is 2.32. The second-order valence-electron chi connectivity index (χ2n) is 5.98. The zero-order valence-corrected chi connectivity index (χ0v) is 15.6. The first kappa shape index (κ1) is 18.5. The number of hydrogen-bond acceptors (Lipinski definition) is 4. The van der Waals surface area contributed by atoms with E-state index in [1.807, 2.05) is 31.3 Å². The van der Waals surface area contributed by atoms with Crippen molar-refractivity contribution in [3.05, 3.63) is 65.7 Å². The fraction of sp³-hybridized carbons (Fsp3) is 0.250. The highest BCUT2D eigenvalue weighted by molar-refractivity contribution is 7.98. The summed E-state index contributed by atoms with van der Waals surface area (Å²) in [5.41, 5.74) is 1.57. The van der Waals surface area contributed by atoms with Gasteiger partial charge >= 0.3 is 0 Å². The van der Waals surface area contributed by atoms with Gasteiger partial charge in [0.1, 0.15) is 11.4 Å². The zero-order chi connectivity index (χ0) is 18.5. The fourth-order valence-electron chi connectivity index (χ4n) is 2.66. The molecule has 2 aromatic carbocycles. The number of benzene rings is 2. The van der Waals surface area contributed by atoms with Crippen molar-refractivity contribution in [1.82, 2.24) is 10.2 Å². The molecule has 0 fully saturated rings. The predicted octanol–water partition coefficient (Wildman–Crippen LogP) is 4.16. The summed E-state index contributed by atoms with van der Waals surface area (Å²) in [4.78, 5) is 15.4. The van der Waals surface area contributed by atoms with E-state index in [2.05, 4.69) is 5.32 Å². The van der Waals surface area contributed by atoms with Crippen molar-refractivity contribution in [2.24, 2.45) is 0 Å². The van der Waals surface area contributed by atoms with E-state index in [1.54, 1.807) is 35.8 Å². The van der Waals surface area contributed by atoms with Gasteiger partial charge in [0.2, 0.25) is 0 Å². The van der Waals surface area contributed by atoms with Gasteiger partial charge in [-0.05, 0) is 37.4 Å². The van der Waals surface area contributed by atoms with Crippen LogP contribution in [0, 0.1) is 5.82 Å². The van der Waals surface area contributed by atoms with E-state index >= 15 is 0 Å². The molecular weight excluding hydrogens is 351 g/mol. The molecule has 0 aliphatic heterocycles. The maximum absolute atomic E-state index is 13.1. The highest BCUT2D eigenvalue weighted by atomic mass is 32.2. The van der Waals surface area contributed by atoms with Gasteiger partial charge in [-0.2, -0.15) is 0 Å². The van der Waals surface area contributed by atoms with Crippen molar-refractivity contribution < 1.29 is 13.6 Å². The summed E-state index contributed by atoms with van der Waals surface area (Å²) in [5, 5.41) is 3.98. The predicted molar refractivity (Wildman–Crippen MR) is 103 cm³/mol. The minimum atomic E-state index is -0.259. The summed E-state index contributed by atoms with van der Waals surface area (Å²) < 4.78 is 19.0. The first-order chi connectivity index (χ1) is 12.6. The molecule has 0 bridgehead atoms. The van der Waals surface area contributed by atoms with Gasteiger partial charge in [0.05, 0.1) is 0 Å². The molecule has 4 nitrogen and oxygen atoms in total. The van der Waals surface area contributed by atoms with Gasteiger partial charge < -0.3 is 14.6 Å². The van der Waals surface area contributed by atoms with Crippen molar-refractivity contribution >= 4 is 28.6 Å². The molecule has 0 radical (unpaired) electrons. The smallest absolute Gasteiger partial charge is 0.289 e. The molecule has 26 heavy (non-hydrogen) atoms. The number of hydrogen-bond donors (Lipinski definition) is 1. The standard InChI is InChI=1S/C20H21FN2O2S/c1-22-11-12-23(2)20(24)19-17(16-5-3-4-6-18(16)25-19)13-26-15-9-7-14(21)8-10-15/h3-10,22H,11-13H2,1-2H3. The number of fused-ring (bicyclic) bond motifs is 1. The summed E-state index contributed by atoms with van der Waals surface area (Å²) in [6.45, 7) is 1.30. The largest absolute Gasteiger partial charge is 0.451 e. The van der Waals surface area contributed by atoms with Crippen LogP contribution in [0.25, 0.3) is 11.0 Å². The lowest BCUT2D eigenvalue weighted by Gasteiger charge is -2.16. The van der Waals surface area contributed by atoms with Crippen LogP contribution in [-0.2, 0) is 5.75 Å². The number of para-hydroxylation sites is 1. The van der Waals surface area contributed by atoms with Crippen LogP contribution in [0.3, 0.4) is 0 Å². The van der Waals surface area contributed by atoms with E-state index in [-0.39, 0.29) is 11.7 Å². The Labute approximate surface area is 156 Å². The Balaban J connectivity index is 1.89. The van der Waals surface area contributed by atoms with Gasteiger partial charge in [0.15, 0.2) is 5.76 Å². The van der Waals surface area contributed by atoms with Crippen LogP contribution in [-0.4, -0.2) is 38.0 Å². The maximum atomic E-state index is 13.1. The first-order valence-electron chi connectivity index (χ1n) is 8.39. The number of amides is 1. The topological polar surface area (TPSA) is 45.5 Å². The fourth-order valence-corrected chi connectivity index (χ4v) is 3.58. The molecule has 1 aromatic heterocycles. The molecule has 0 atom stereocenters. The normalized spacial score (nSPS) is 11.0. The Hall–Kier alpha value is -2.31. The van der Waals surface area contributed by atoms with Gasteiger partial charge in [0, 0.05) is 41.7 Å². The van der Waals surface area contributed by atoms with Crippen LogP contribution in [0.1, 0.15) is 16.1 Å². The summed E-state index contributed by atoms with van der Waals surface area (Å²) in [6.07, 6.45) is 0. The molecule has 6 heteroatoms. The van der Waals surface area contributed by atoms with Gasteiger partial charge in [-0.1, -0.05) is 18.2 Å². The molecule has 0 aliphatic carbocycles. The maximum Gasteiger partial charge on any atom is 0.289 e. The molecule has 136 valence electrons. The third-order valence-electron chi connectivity index (χ3n) is 4.13. The molecule has 1 N–H and O–H groups in total. The lowest BCUT2D eigenvalue weighted by atomic mass is 10.1. The number of nitrogens with zero attached hydrogens (tertiary/aromatic N) is 1. The van der Waals surface area contributed by atoms with Crippen molar-refractivity contribution in [2.75, 3.05) is 27.2 Å². The molecule has 0 unspecified atom stereocenters. The van der Waals surface area contributed by atoms with Gasteiger partial charge in [0.25, 0.3) is 5.91 Å². The minimum Gasteiger partial charge on any atom is -0.451 e. The van der Waals surface area contributed by atoms with E-state index in [1.165, 1.54) is 12.1 Å². The number of furan rings is 1. The lowest BCUT2D eigenvalue weighted by molar-refractivity contribution is 0.0766. The number of rotatable bonds is 7. The van der Waals surface area contributed by atoms with Crippen LogP contribution >= 0.6 is 11.8 Å². The third-order valence-corrected chi connectivity index (χ3v) is 5.17. The molecule has 0 saturated carbocycles. The van der Waals surface area contributed by atoms with E-state index in [0.29, 0.717) is 30.2 Å². The Morgan fingerprint density at radius 1 is 1.19 bits per heavy atom. The van der Waals surface area contributed by atoms with Gasteiger partial charge in [-0.25, -0.2) is 4.39 Å². The molecular formula is C20H21FN2O2S. The van der Waals surface area contributed by atoms with Crippen molar-refractivity contribution in [3.8, 4) is 0 Å². The third kappa shape index (κ3) is 4.08. The summed E-state index contributed by atoms with van der Waals surface area (Å²) in [5.74, 6) is 0.555. The molecule has 0 spiro atoms. The number of likely N-dealkylation sites (N-methyl/N-ethyl adjacent to an activating group) is 2. The van der Waals surface area contributed by atoms with E-state index < -0.39 is 0 Å². The SMILES string of the molecule is CNCCN(C)C(=O)c1oc2ccccc2c1CSc1ccc(F)cc1. The lowest BCUT2D eigenvalue weighted by Crippen LogP contribution is -2.33. The minimum absolute atomic E-state index is 0.133. The summed E-state index contributed by atoms with van der Waals surface area (Å²) >= 11 is 1.55. The molecule has 0 aliphatic rings. The number of nitrogens with one attached hydrogen (secondary N) is 1. The molecule has 3 aromatic rings. The zero-order valence-electron chi connectivity index (χ0n) is 14.8. The van der Waals surface area contributed by atoms with Crippen LogP contribution in [0.5, 0.6) is 0 Å². The highest BCUT2D eigenvalue weighted by Gasteiger charge is 2.23. The van der Waals surface area contributed by atoms with Crippen molar-refractivity contribution in [1.29, 1.82) is 0 Å². The Bertz CT molecular complexity index is 892. The Morgan fingerprint density at radius 3 is 2.65 bits per heavy atom.